The van der Waals surface area contributed by atoms with E-state index in [0.29, 0.717) is 12.6 Å². The minimum atomic E-state index is -4.13. The molecule has 8 nitrogen and oxygen atoms in total. The van der Waals surface area contributed by atoms with Crippen LogP contribution < -0.4 is 0 Å². The van der Waals surface area contributed by atoms with Gasteiger partial charge in [-0.1, -0.05) is 35.5 Å². The van der Waals surface area contributed by atoms with Gasteiger partial charge in [-0.25, -0.2) is 21.9 Å². The number of nitrogens with zero attached hydrogens (tertiary/aromatic N) is 5. The third-order valence-corrected chi connectivity index (χ3v) is 6.91. The van der Waals surface area contributed by atoms with Crippen molar-refractivity contribution >= 4 is 15.9 Å². The van der Waals surface area contributed by atoms with Gasteiger partial charge in [0.25, 0.3) is 5.91 Å². The quantitative estimate of drug-likeness (QED) is 0.595. The van der Waals surface area contributed by atoms with Crippen LogP contribution in [-0.4, -0.2) is 64.7 Å². The van der Waals surface area contributed by atoms with Gasteiger partial charge in [-0.2, -0.15) is 4.31 Å². The van der Waals surface area contributed by atoms with Crippen LogP contribution in [0.15, 0.2) is 59.6 Å². The van der Waals surface area contributed by atoms with Gasteiger partial charge in [-0.15, -0.1) is 5.10 Å². The average Bonchev–Trinajstić information content (AvgIpc) is 3.22. The number of rotatable bonds is 5. The van der Waals surface area contributed by atoms with Crippen molar-refractivity contribution in [3.63, 3.8) is 0 Å². The molecule has 1 saturated heterocycles. The third-order valence-electron chi connectivity index (χ3n) is 4.98. The number of sulfonamides is 1. The number of piperazine rings is 1. The Morgan fingerprint density at radius 1 is 1.00 bits per heavy atom. The molecule has 1 amide bonds. The van der Waals surface area contributed by atoms with E-state index in [1.165, 1.54) is 4.90 Å². The lowest BCUT2D eigenvalue weighted by Crippen LogP contribution is -2.50. The zero-order valence-electron chi connectivity index (χ0n) is 16.4. The van der Waals surface area contributed by atoms with Gasteiger partial charge in [0.2, 0.25) is 10.0 Å². The molecule has 1 aromatic heterocycles. The Morgan fingerprint density at radius 2 is 1.71 bits per heavy atom. The number of halogens is 2. The SMILES string of the molecule is O=C(c1cn(Cc2ccccc2)nn1)N1CCN(S(=O)(=O)c2ccc(F)cc2F)CC1. The molecule has 162 valence electrons. The molecular formula is C20H19F2N5O3S. The lowest BCUT2D eigenvalue weighted by molar-refractivity contribution is 0.0691. The summed E-state index contributed by atoms with van der Waals surface area (Å²) in [4.78, 5) is 13.6. The maximum Gasteiger partial charge on any atom is 0.276 e. The van der Waals surface area contributed by atoms with Gasteiger partial charge in [0.05, 0.1) is 12.7 Å². The number of benzene rings is 2. The van der Waals surface area contributed by atoms with E-state index in [9.17, 15) is 22.0 Å². The first-order valence-corrected chi connectivity index (χ1v) is 11.0. The highest BCUT2D eigenvalue weighted by Gasteiger charge is 2.32. The lowest BCUT2D eigenvalue weighted by Gasteiger charge is -2.33. The van der Waals surface area contributed by atoms with Crippen LogP contribution >= 0.6 is 0 Å². The summed E-state index contributed by atoms with van der Waals surface area (Å²) >= 11 is 0. The first-order valence-electron chi connectivity index (χ1n) is 9.53. The molecule has 2 aromatic carbocycles. The Bertz CT molecular complexity index is 1190. The molecular weight excluding hydrogens is 428 g/mol. The van der Waals surface area contributed by atoms with Gasteiger partial charge in [-0.05, 0) is 17.7 Å². The van der Waals surface area contributed by atoms with Crippen molar-refractivity contribution in [1.82, 2.24) is 24.2 Å². The highest BCUT2D eigenvalue weighted by molar-refractivity contribution is 7.89. The summed E-state index contributed by atoms with van der Waals surface area (Å²) in [5.74, 6) is -2.36. The molecule has 1 aliphatic heterocycles. The number of carbonyl (C=O) groups is 1. The van der Waals surface area contributed by atoms with Crippen LogP contribution in [0.5, 0.6) is 0 Å². The maximum atomic E-state index is 14.0. The van der Waals surface area contributed by atoms with E-state index in [2.05, 4.69) is 10.3 Å². The monoisotopic (exact) mass is 447 g/mol. The molecule has 0 saturated carbocycles. The molecule has 1 aliphatic rings. The number of aromatic nitrogens is 3. The fraction of sp³-hybridized carbons (Fsp3) is 0.250. The summed E-state index contributed by atoms with van der Waals surface area (Å²) in [5.41, 5.74) is 1.18. The Hall–Kier alpha value is -3.18. The third kappa shape index (κ3) is 4.47. The van der Waals surface area contributed by atoms with Gasteiger partial charge in [-0.3, -0.25) is 4.79 Å². The van der Waals surface area contributed by atoms with Crippen molar-refractivity contribution in [1.29, 1.82) is 0 Å². The minimum Gasteiger partial charge on any atom is -0.335 e. The molecule has 0 radical (unpaired) electrons. The zero-order chi connectivity index (χ0) is 22.0. The van der Waals surface area contributed by atoms with E-state index in [0.717, 1.165) is 22.0 Å². The normalized spacial score (nSPS) is 15.2. The van der Waals surface area contributed by atoms with Crippen molar-refractivity contribution in [2.75, 3.05) is 26.2 Å². The smallest absolute Gasteiger partial charge is 0.276 e. The molecule has 3 aromatic rings. The van der Waals surface area contributed by atoms with Crippen LogP contribution in [0.3, 0.4) is 0 Å². The largest absolute Gasteiger partial charge is 0.335 e. The van der Waals surface area contributed by atoms with Crippen molar-refractivity contribution in [3.05, 3.63) is 77.6 Å². The van der Waals surface area contributed by atoms with Crippen LogP contribution in [0, 0.1) is 11.6 Å². The van der Waals surface area contributed by atoms with Crippen LogP contribution in [0.25, 0.3) is 0 Å². The molecule has 0 spiro atoms. The van der Waals surface area contributed by atoms with Gasteiger partial charge < -0.3 is 4.90 Å². The molecule has 0 N–H and O–H groups in total. The fourth-order valence-electron chi connectivity index (χ4n) is 3.36. The predicted molar refractivity (Wildman–Crippen MR) is 107 cm³/mol. The molecule has 31 heavy (non-hydrogen) atoms. The van der Waals surface area contributed by atoms with Gasteiger partial charge in [0.15, 0.2) is 5.69 Å². The van der Waals surface area contributed by atoms with Gasteiger partial charge in [0.1, 0.15) is 16.5 Å². The summed E-state index contributed by atoms with van der Waals surface area (Å²) < 4.78 is 55.0. The Labute approximate surface area is 177 Å². The van der Waals surface area contributed by atoms with Gasteiger partial charge in [0, 0.05) is 32.2 Å². The highest BCUT2D eigenvalue weighted by atomic mass is 32.2. The minimum absolute atomic E-state index is 0.0109. The molecule has 1 fully saturated rings. The molecule has 4 rings (SSSR count). The first-order chi connectivity index (χ1) is 14.8. The van der Waals surface area contributed by atoms with E-state index >= 15 is 0 Å². The Balaban J connectivity index is 1.40. The van der Waals surface area contributed by atoms with E-state index in [1.807, 2.05) is 30.3 Å². The van der Waals surface area contributed by atoms with Crippen LogP contribution in [0.1, 0.15) is 16.1 Å². The number of carbonyl (C=O) groups excluding carboxylic acids is 1. The lowest BCUT2D eigenvalue weighted by atomic mass is 10.2. The number of amides is 1. The van der Waals surface area contributed by atoms with Crippen LogP contribution in [0.4, 0.5) is 8.78 Å². The number of hydrogen-bond acceptors (Lipinski definition) is 5. The summed E-state index contributed by atoms with van der Waals surface area (Å²) in [6, 6.07) is 11.9. The summed E-state index contributed by atoms with van der Waals surface area (Å²) in [6.45, 7) is 0.682. The standard InChI is InChI=1S/C20H19F2N5O3S/c21-16-6-7-19(17(22)12-16)31(29,30)27-10-8-25(9-11-27)20(28)18-14-26(24-23-18)13-15-4-2-1-3-5-15/h1-7,12,14H,8-11,13H2. The topological polar surface area (TPSA) is 88.4 Å². The van der Waals surface area contributed by atoms with E-state index in [4.69, 9.17) is 0 Å². The van der Waals surface area contributed by atoms with Crippen LogP contribution in [-0.2, 0) is 16.6 Å². The second kappa shape index (κ2) is 8.52. The average molecular weight is 447 g/mol. The molecule has 0 bridgehead atoms. The molecule has 0 unspecified atom stereocenters. The second-order valence-electron chi connectivity index (χ2n) is 7.06. The zero-order valence-corrected chi connectivity index (χ0v) is 17.2. The first kappa shape index (κ1) is 21.1. The summed E-state index contributed by atoms with van der Waals surface area (Å²) in [7, 11) is -4.13. The summed E-state index contributed by atoms with van der Waals surface area (Å²) in [5, 5.41) is 7.91. The van der Waals surface area contributed by atoms with E-state index in [1.54, 1.807) is 10.9 Å². The Morgan fingerprint density at radius 3 is 2.39 bits per heavy atom. The maximum absolute atomic E-state index is 14.0. The molecule has 11 heteroatoms. The van der Waals surface area contributed by atoms with Crippen molar-refractivity contribution in [3.8, 4) is 0 Å². The van der Waals surface area contributed by atoms with Crippen molar-refractivity contribution < 1.29 is 22.0 Å². The van der Waals surface area contributed by atoms with Crippen molar-refractivity contribution in [2.45, 2.75) is 11.4 Å². The van der Waals surface area contributed by atoms with Crippen molar-refractivity contribution in [2.24, 2.45) is 0 Å². The Kier molecular flexibility index (Phi) is 5.79. The van der Waals surface area contributed by atoms with E-state index < -0.39 is 26.6 Å². The van der Waals surface area contributed by atoms with E-state index in [-0.39, 0.29) is 37.8 Å². The molecule has 0 atom stereocenters. The fourth-order valence-corrected chi connectivity index (χ4v) is 4.83. The second-order valence-corrected chi connectivity index (χ2v) is 8.96. The van der Waals surface area contributed by atoms with Gasteiger partial charge >= 0.3 is 0 Å². The summed E-state index contributed by atoms with van der Waals surface area (Å²) in [6.07, 6.45) is 1.55. The number of hydrogen-bond donors (Lipinski definition) is 0. The molecule has 0 aliphatic carbocycles. The molecule has 2 heterocycles. The van der Waals surface area contributed by atoms with Crippen LogP contribution in [0.2, 0.25) is 0 Å². The predicted octanol–water partition coefficient (Wildman–Crippen LogP) is 1.75. The highest BCUT2D eigenvalue weighted by Crippen LogP contribution is 2.21.